The van der Waals surface area contributed by atoms with Crippen LogP contribution in [-0.2, 0) is 9.59 Å². The van der Waals surface area contributed by atoms with Gasteiger partial charge in [0.25, 0.3) is 5.91 Å². The van der Waals surface area contributed by atoms with E-state index in [0.29, 0.717) is 43.2 Å². The molecule has 2 atom stereocenters. The summed E-state index contributed by atoms with van der Waals surface area (Å²) < 4.78 is 0. The zero-order valence-corrected chi connectivity index (χ0v) is 13.2. The number of carbonyl (C=O) groups is 3. The molecule has 0 aromatic heterocycles. The SMILES string of the molecule is C[C@@H]1C[C@@H]1C(=O)Nc1ccc(C(=O)N2CCNC(=O)CC2)cc1. The van der Waals surface area contributed by atoms with Crippen molar-refractivity contribution in [2.45, 2.75) is 19.8 Å². The van der Waals surface area contributed by atoms with Gasteiger partial charge in [0, 0.05) is 43.2 Å². The van der Waals surface area contributed by atoms with Crippen LogP contribution in [-0.4, -0.2) is 42.3 Å². The number of amides is 3. The molecule has 1 aliphatic heterocycles. The Morgan fingerprint density at radius 2 is 1.91 bits per heavy atom. The van der Waals surface area contributed by atoms with Gasteiger partial charge in [-0.05, 0) is 36.6 Å². The van der Waals surface area contributed by atoms with E-state index in [1.807, 2.05) is 0 Å². The fraction of sp³-hybridized carbons (Fsp3) is 0.471. The second-order valence-corrected chi connectivity index (χ2v) is 6.28. The minimum atomic E-state index is -0.0878. The highest BCUT2D eigenvalue weighted by atomic mass is 16.2. The van der Waals surface area contributed by atoms with E-state index in [2.05, 4.69) is 17.6 Å². The lowest BCUT2D eigenvalue weighted by molar-refractivity contribution is -0.120. The molecule has 2 N–H and O–H groups in total. The van der Waals surface area contributed by atoms with Crippen LogP contribution in [0.15, 0.2) is 24.3 Å². The normalized spacial score (nSPS) is 23.7. The molecule has 3 rings (SSSR count). The fourth-order valence-electron chi connectivity index (χ4n) is 2.77. The summed E-state index contributed by atoms with van der Waals surface area (Å²) in [6.07, 6.45) is 1.28. The Kier molecular flexibility index (Phi) is 4.32. The van der Waals surface area contributed by atoms with E-state index in [4.69, 9.17) is 0 Å². The third-order valence-corrected chi connectivity index (χ3v) is 4.45. The van der Waals surface area contributed by atoms with Crippen molar-refractivity contribution in [2.75, 3.05) is 25.0 Å². The number of hydrogen-bond acceptors (Lipinski definition) is 3. The Hall–Kier alpha value is -2.37. The van der Waals surface area contributed by atoms with Crippen LogP contribution in [0.5, 0.6) is 0 Å². The molecule has 1 aliphatic carbocycles. The van der Waals surface area contributed by atoms with Gasteiger partial charge in [0.1, 0.15) is 0 Å². The van der Waals surface area contributed by atoms with Crippen LogP contribution in [0, 0.1) is 11.8 Å². The van der Waals surface area contributed by atoms with Crippen LogP contribution in [0.3, 0.4) is 0 Å². The summed E-state index contributed by atoms with van der Waals surface area (Å²) in [6.45, 7) is 3.50. The second-order valence-electron chi connectivity index (χ2n) is 6.28. The molecule has 2 fully saturated rings. The largest absolute Gasteiger partial charge is 0.354 e. The Bertz CT molecular complexity index is 626. The molecule has 0 unspecified atom stereocenters. The van der Waals surface area contributed by atoms with Crippen molar-refractivity contribution in [1.82, 2.24) is 10.2 Å². The van der Waals surface area contributed by atoms with Gasteiger partial charge in [-0.1, -0.05) is 6.92 Å². The Morgan fingerprint density at radius 1 is 1.22 bits per heavy atom. The van der Waals surface area contributed by atoms with Crippen LogP contribution in [0.1, 0.15) is 30.1 Å². The molecule has 1 heterocycles. The topological polar surface area (TPSA) is 78.5 Å². The van der Waals surface area contributed by atoms with E-state index in [9.17, 15) is 14.4 Å². The maximum Gasteiger partial charge on any atom is 0.253 e. The summed E-state index contributed by atoms with van der Waals surface area (Å²) in [5.74, 6) is 0.533. The van der Waals surface area contributed by atoms with E-state index in [1.54, 1.807) is 29.2 Å². The second kappa shape index (κ2) is 6.40. The average molecular weight is 315 g/mol. The number of nitrogens with zero attached hydrogens (tertiary/aromatic N) is 1. The van der Waals surface area contributed by atoms with Crippen LogP contribution in [0.25, 0.3) is 0 Å². The standard InChI is InChI=1S/C17H21N3O3/c1-11-10-14(11)16(22)19-13-4-2-12(3-5-13)17(23)20-8-6-15(21)18-7-9-20/h2-5,11,14H,6-10H2,1H3,(H,18,21)(H,19,22)/t11-,14+/m1/s1. The average Bonchev–Trinajstić information content (AvgIpc) is 3.30. The van der Waals surface area contributed by atoms with Crippen molar-refractivity contribution in [1.29, 1.82) is 0 Å². The first-order valence-corrected chi connectivity index (χ1v) is 8.01. The Labute approximate surface area is 135 Å². The highest BCUT2D eigenvalue weighted by Crippen LogP contribution is 2.38. The van der Waals surface area contributed by atoms with Crippen molar-refractivity contribution in [3.05, 3.63) is 29.8 Å². The van der Waals surface area contributed by atoms with E-state index in [-0.39, 0.29) is 23.6 Å². The predicted octanol–water partition coefficient (Wildman–Crippen LogP) is 1.24. The summed E-state index contributed by atoms with van der Waals surface area (Å²) >= 11 is 0. The van der Waals surface area contributed by atoms with Crippen LogP contribution in [0.2, 0.25) is 0 Å². The molecule has 1 aromatic carbocycles. The number of carbonyl (C=O) groups excluding carboxylic acids is 3. The quantitative estimate of drug-likeness (QED) is 0.881. The van der Waals surface area contributed by atoms with Gasteiger partial charge in [0.15, 0.2) is 0 Å². The van der Waals surface area contributed by atoms with Gasteiger partial charge < -0.3 is 15.5 Å². The van der Waals surface area contributed by atoms with Crippen molar-refractivity contribution >= 4 is 23.4 Å². The lowest BCUT2D eigenvalue weighted by Gasteiger charge is -2.19. The summed E-state index contributed by atoms with van der Waals surface area (Å²) in [7, 11) is 0. The fourth-order valence-corrected chi connectivity index (χ4v) is 2.77. The van der Waals surface area contributed by atoms with Crippen molar-refractivity contribution < 1.29 is 14.4 Å². The molecule has 23 heavy (non-hydrogen) atoms. The minimum Gasteiger partial charge on any atom is -0.354 e. The number of anilines is 1. The molecular formula is C17H21N3O3. The molecule has 1 saturated carbocycles. The Balaban J connectivity index is 1.61. The van der Waals surface area contributed by atoms with Crippen molar-refractivity contribution in [2.24, 2.45) is 11.8 Å². The number of rotatable bonds is 3. The first-order chi connectivity index (χ1) is 11.0. The monoisotopic (exact) mass is 315 g/mol. The maximum absolute atomic E-state index is 12.5. The smallest absolute Gasteiger partial charge is 0.253 e. The predicted molar refractivity (Wildman–Crippen MR) is 85.9 cm³/mol. The van der Waals surface area contributed by atoms with Gasteiger partial charge in [0.2, 0.25) is 11.8 Å². The highest BCUT2D eigenvalue weighted by molar-refractivity contribution is 5.97. The highest BCUT2D eigenvalue weighted by Gasteiger charge is 2.39. The molecule has 1 saturated heterocycles. The van der Waals surface area contributed by atoms with Crippen molar-refractivity contribution in [3.8, 4) is 0 Å². The van der Waals surface area contributed by atoms with Gasteiger partial charge in [-0.2, -0.15) is 0 Å². The van der Waals surface area contributed by atoms with Gasteiger partial charge in [-0.15, -0.1) is 0 Å². The number of nitrogens with one attached hydrogen (secondary N) is 2. The lowest BCUT2D eigenvalue weighted by atomic mass is 10.1. The van der Waals surface area contributed by atoms with Gasteiger partial charge in [0.05, 0.1) is 0 Å². The zero-order valence-electron chi connectivity index (χ0n) is 13.2. The summed E-state index contributed by atoms with van der Waals surface area (Å²) in [5, 5.41) is 5.63. The molecule has 3 amide bonds. The minimum absolute atomic E-state index is 0.0207. The summed E-state index contributed by atoms with van der Waals surface area (Å²) in [5.41, 5.74) is 1.27. The maximum atomic E-state index is 12.5. The zero-order chi connectivity index (χ0) is 16.4. The van der Waals surface area contributed by atoms with Gasteiger partial charge in [-0.25, -0.2) is 0 Å². The van der Waals surface area contributed by atoms with Gasteiger partial charge in [-0.3, -0.25) is 14.4 Å². The van der Waals surface area contributed by atoms with Crippen LogP contribution in [0.4, 0.5) is 5.69 Å². The van der Waals surface area contributed by atoms with Gasteiger partial charge >= 0.3 is 0 Å². The Morgan fingerprint density at radius 3 is 2.57 bits per heavy atom. The first kappa shape index (κ1) is 15.5. The van der Waals surface area contributed by atoms with Crippen LogP contribution >= 0.6 is 0 Å². The number of hydrogen-bond donors (Lipinski definition) is 2. The molecule has 0 bridgehead atoms. The first-order valence-electron chi connectivity index (χ1n) is 8.01. The summed E-state index contributed by atoms with van der Waals surface area (Å²) in [6, 6.07) is 6.93. The molecule has 1 aromatic rings. The molecule has 0 spiro atoms. The molecule has 2 aliphatic rings. The van der Waals surface area contributed by atoms with E-state index in [0.717, 1.165) is 6.42 Å². The van der Waals surface area contributed by atoms with E-state index in [1.165, 1.54) is 0 Å². The summed E-state index contributed by atoms with van der Waals surface area (Å²) in [4.78, 5) is 37.4. The molecule has 122 valence electrons. The molecule has 6 heteroatoms. The molecule has 6 nitrogen and oxygen atoms in total. The third-order valence-electron chi connectivity index (χ3n) is 4.45. The number of benzene rings is 1. The third kappa shape index (κ3) is 3.70. The van der Waals surface area contributed by atoms with Crippen LogP contribution < -0.4 is 10.6 Å². The van der Waals surface area contributed by atoms with Crippen molar-refractivity contribution in [3.63, 3.8) is 0 Å². The van der Waals surface area contributed by atoms with E-state index >= 15 is 0 Å². The van der Waals surface area contributed by atoms with E-state index < -0.39 is 0 Å². The molecule has 0 radical (unpaired) electrons. The molecular weight excluding hydrogens is 294 g/mol. The lowest BCUT2D eigenvalue weighted by Crippen LogP contribution is -2.34.